The van der Waals surface area contributed by atoms with E-state index in [1.807, 2.05) is 26.0 Å². The quantitative estimate of drug-likeness (QED) is 0.825. The van der Waals surface area contributed by atoms with Gasteiger partial charge in [0.25, 0.3) is 0 Å². The minimum Gasteiger partial charge on any atom is -0.304 e. The third-order valence-corrected chi connectivity index (χ3v) is 3.97. The Morgan fingerprint density at radius 1 is 1.11 bits per heavy atom. The van der Waals surface area contributed by atoms with Crippen LogP contribution in [0.5, 0.6) is 0 Å². The summed E-state index contributed by atoms with van der Waals surface area (Å²) in [6.45, 7) is 10.8. The Morgan fingerprint density at radius 3 is 2.21 bits per heavy atom. The number of nitrogens with zero attached hydrogens (tertiary/aromatic N) is 2. The number of hydrogen-bond acceptors (Lipinski definition) is 2. The number of rotatable bonds is 3. The van der Waals surface area contributed by atoms with Gasteiger partial charge in [-0.1, -0.05) is 50.6 Å². The molecule has 0 aromatic heterocycles. The molecule has 2 nitrogen and oxygen atoms in total. The molecule has 0 bridgehead atoms. The van der Waals surface area contributed by atoms with Crippen LogP contribution < -0.4 is 0 Å². The summed E-state index contributed by atoms with van der Waals surface area (Å²) in [5, 5.41) is 0.901. The summed E-state index contributed by atoms with van der Waals surface area (Å²) in [6, 6.07) is 8.71. The molecular weight excluding hydrogens is 256 g/mol. The van der Waals surface area contributed by atoms with Crippen molar-refractivity contribution < 1.29 is 0 Å². The first-order valence-corrected chi connectivity index (χ1v) is 7.77. The monoisotopic (exact) mass is 282 g/mol. The topological polar surface area (TPSA) is 6.48 Å². The maximum atomic E-state index is 6.31. The lowest BCUT2D eigenvalue weighted by Crippen LogP contribution is -2.45. The average Bonchev–Trinajstić information content (AvgIpc) is 2.46. The molecule has 0 amide bonds. The molecule has 1 atom stereocenters. The Labute approximate surface area is 123 Å². The molecule has 2 rings (SSSR count). The fraction of sp³-hybridized carbons (Fsp3) is 0.625. The van der Waals surface area contributed by atoms with E-state index >= 15 is 0 Å². The molecule has 1 unspecified atom stereocenters. The van der Waals surface area contributed by atoms with Crippen LogP contribution in [0.3, 0.4) is 0 Å². The Morgan fingerprint density at radius 2 is 1.68 bits per heavy atom. The number of piperazine rings is 1. The van der Waals surface area contributed by atoms with Gasteiger partial charge >= 0.3 is 0 Å². The largest absolute Gasteiger partial charge is 0.304 e. The van der Waals surface area contributed by atoms with E-state index in [0.717, 1.165) is 37.6 Å². The van der Waals surface area contributed by atoms with Gasteiger partial charge in [0, 0.05) is 37.2 Å². The van der Waals surface area contributed by atoms with E-state index in [-0.39, 0.29) is 0 Å². The number of likely N-dealkylation sites (N-methyl/N-ethyl adjacent to an activating group) is 1. The summed E-state index contributed by atoms with van der Waals surface area (Å²) in [5.41, 5.74) is 1.28. The maximum Gasteiger partial charge on any atom is 0.0453 e. The van der Waals surface area contributed by atoms with E-state index in [2.05, 4.69) is 35.9 Å². The Hall–Kier alpha value is -0.570. The van der Waals surface area contributed by atoms with Crippen LogP contribution in [0.15, 0.2) is 24.3 Å². The van der Waals surface area contributed by atoms with Crippen LogP contribution in [0.2, 0.25) is 5.02 Å². The van der Waals surface area contributed by atoms with Crippen molar-refractivity contribution in [1.29, 1.82) is 0 Å². The summed E-state index contributed by atoms with van der Waals surface area (Å²) in [4.78, 5) is 4.94. The van der Waals surface area contributed by atoms with Crippen molar-refractivity contribution in [3.8, 4) is 0 Å². The zero-order valence-corrected chi connectivity index (χ0v) is 13.5. The zero-order chi connectivity index (χ0) is 14.3. The van der Waals surface area contributed by atoms with Crippen LogP contribution in [-0.2, 0) is 0 Å². The lowest BCUT2D eigenvalue weighted by Gasteiger charge is -2.38. The molecular formula is C16H27ClN2. The lowest BCUT2D eigenvalue weighted by molar-refractivity contribution is 0.109. The molecule has 108 valence electrons. The van der Waals surface area contributed by atoms with Crippen molar-refractivity contribution in [2.45, 2.75) is 33.2 Å². The van der Waals surface area contributed by atoms with E-state index in [4.69, 9.17) is 11.6 Å². The van der Waals surface area contributed by atoms with Crippen LogP contribution in [-0.4, -0.2) is 43.0 Å². The summed E-state index contributed by atoms with van der Waals surface area (Å²) < 4.78 is 0. The van der Waals surface area contributed by atoms with E-state index in [1.54, 1.807) is 0 Å². The van der Waals surface area contributed by atoms with E-state index in [0.29, 0.717) is 6.04 Å². The summed E-state index contributed by atoms with van der Waals surface area (Å²) in [5.74, 6) is 0. The van der Waals surface area contributed by atoms with Gasteiger partial charge in [0.15, 0.2) is 0 Å². The van der Waals surface area contributed by atoms with Gasteiger partial charge in [0.1, 0.15) is 0 Å². The van der Waals surface area contributed by atoms with E-state index < -0.39 is 0 Å². The van der Waals surface area contributed by atoms with Crippen molar-refractivity contribution in [1.82, 2.24) is 9.80 Å². The fourth-order valence-corrected chi connectivity index (χ4v) is 2.82. The average molecular weight is 283 g/mol. The van der Waals surface area contributed by atoms with Gasteiger partial charge in [0.2, 0.25) is 0 Å². The highest BCUT2D eigenvalue weighted by molar-refractivity contribution is 6.31. The van der Waals surface area contributed by atoms with Gasteiger partial charge in [-0.05, 0) is 25.1 Å². The first-order valence-electron chi connectivity index (χ1n) is 7.39. The first kappa shape index (κ1) is 16.5. The van der Waals surface area contributed by atoms with Gasteiger partial charge < -0.3 is 4.90 Å². The molecule has 1 heterocycles. The molecule has 1 aliphatic heterocycles. The Bertz CT molecular complexity index is 360. The molecule has 0 spiro atoms. The van der Waals surface area contributed by atoms with Gasteiger partial charge in [-0.15, -0.1) is 0 Å². The van der Waals surface area contributed by atoms with Gasteiger partial charge in [-0.2, -0.15) is 0 Å². The van der Waals surface area contributed by atoms with Crippen molar-refractivity contribution in [3.05, 3.63) is 34.9 Å². The molecule has 1 fully saturated rings. The van der Waals surface area contributed by atoms with Crippen molar-refractivity contribution in [3.63, 3.8) is 0 Å². The van der Waals surface area contributed by atoms with Crippen LogP contribution >= 0.6 is 11.6 Å². The molecule has 3 heteroatoms. The molecule has 1 saturated heterocycles. The standard InChI is InChI=1S/C14H21ClN2.C2H6/c1-3-14(12-6-4-5-7-13(12)15)17-10-8-16(2)9-11-17;1-2/h4-7,14H,3,8-11H2,1-2H3;1-2H3. The molecule has 1 aromatic carbocycles. The smallest absolute Gasteiger partial charge is 0.0453 e. The predicted octanol–water partition coefficient (Wildman–Crippen LogP) is 4.06. The highest BCUT2D eigenvalue weighted by Crippen LogP contribution is 2.30. The molecule has 0 saturated carbocycles. The predicted molar refractivity (Wildman–Crippen MR) is 84.9 cm³/mol. The van der Waals surface area contributed by atoms with Gasteiger partial charge in [0.05, 0.1) is 0 Å². The SMILES string of the molecule is CC.CCC(c1ccccc1Cl)N1CCN(C)CC1. The van der Waals surface area contributed by atoms with Crippen LogP contribution in [0, 0.1) is 0 Å². The number of hydrogen-bond donors (Lipinski definition) is 0. The summed E-state index contributed by atoms with van der Waals surface area (Å²) in [7, 11) is 2.19. The molecule has 19 heavy (non-hydrogen) atoms. The minimum atomic E-state index is 0.470. The molecule has 1 aliphatic rings. The normalized spacial score (nSPS) is 18.6. The third-order valence-electron chi connectivity index (χ3n) is 3.63. The number of halogens is 1. The van der Waals surface area contributed by atoms with E-state index in [1.165, 1.54) is 5.56 Å². The zero-order valence-electron chi connectivity index (χ0n) is 12.7. The number of benzene rings is 1. The first-order chi connectivity index (χ1) is 9.22. The maximum absolute atomic E-state index is 6.31. The minimum absolute atomic E-state index is 0.470. The molecule has 0 radical (unpaired) electrons. The van der Waals surface area contributed by atoms with Gasteiger partial charge in [-0.3, -0.25) is 4.90 Å². The highest BCUT2D eigenvalue weighted by atomic mass is 35.5. The lowest BCUT2D eigenvalue weighted by atomic mass is 10.0. The third kappa shape index (κ3) is 4.48. The Kier molecular flexibility index (Phi) is 7.44. The molecule has 0 N–H and O–H groups in total. The summed E-state index contributed by atoms with van der Waals surface area (Å²) in [6.07, 6.45) is 1.12. The van der Waals surface area contributed by atoms with Gasteiger partial charge in [-0.25, -0.2) is 0 Å². The van der Waals surface area contributed by atoms with Crippen molar-refractivity contribution >= 4 is 11.6 Å². The summed E-state index contributed by atoms with van der Waals surface area (Å²) >= 11 is 6.31. The second kappa shape index (κ2) is 8.57. The fourth-order valence-electron chi connectivity index (χ4n) is 2.55. The van der Waals surface area contributed by atoms with Crippen LogP contribution in [0.1, 0.15) is 38.8 Å². The highest BCUT2D eigenvalue weighted by Gasteiger charge is 2.23. The van der Waals surface area contributed by atoms with Crippen molar-refractivity contribution in [2.24, 2.45) is 0 Å². The molecule has 1 aromatic rings. The van der Waals surface area contributed by atoms with Crippen LogP contribution in [0.25, 0.3) is 0 Å². The second-order valence-electron chi connectivity index (χ2n) is 4.78. The second-order valence-corrected chi connectivity index (χ2v) is 5.19. The Balaban J connectivity index is 0.000000861. The van der Waals surface area contributed by atoms with E-state index in [9.17, 15) is 0 Å². The van der Waals surface area contributed by atoms with Crippen LogP contribution in [0.4, 0.5) is 0 Å². The molecule has 0 aliphatic carbocycles. The van der Waals surface area contributed by atoms with Crippen molar-refractivity contribution in [2.75, 3.05) is 33.2 Å².